The molecule has 0 aliphatic rings. The SMILES string of the molecule is C[n+]1cccc(NCCS)c1. The van der Waals surface area contributed by atoms with Crippen LogP contribution >= 0.6 is 12.6 Å². The number of aryl methyl sites for hydroxylation is 1. The molecule has 0 saturated carbocycles. The summed E-state index contributed by atoms with van der Waals surface area (Å²) in [5.74, 6) is 0.860. The molecule has 0 fully saturated rings. The number of hydrogen-bond donors (Lipinski definition) is 2. The summed E-state index contributed by atoms with van der Waals surface area (Å²) in [5.41, 5.74) is 1.14. The number of nitrogens with one attached hydrogen (secondary N) is 1. The molecule has 0 amide bonds. The van der Waals surface area contributed by atoms with Crippen LogP contribution in [-0.2, 0) is 7.05 Å². The fourth-order valence-electron chi connectivity index (χ4n) is 0.893. The predicted octanol–water partition coefficient (Wildman–Crippen LogP) is 0.853. The average Bonchev–Trinajstić information content (AvgIpc) is 2.01. The highest BCUT2D eigenvalue weighted by Gasteiger charge is 1.94. The van der Waals surface area contributed by atoms with Gasteiger partial charge in [0.2, 0.25) is 0 Å². The Hall–Kier alpha value is -0.700. The molecule has 0 aliphatic carbocycles. The third-order valence-corrected chi connectivity index (χ3v) is 1.60. The second-order valence-electron chi connectivity index (χ2n) is 2.41. The van der Waals surface area contributed by atoms with E-state index >= 15 is 0 Å². The van der Waals surface area contributed by atoms with Gasteiger partial charge in [-0.1, -0.05) is 0 Å². The highest BCUT2D eigenvalue weighted by Crippen LogP contribution is 1.99. The Morgan fingerprint density at radius 3 is 3.09 bits per heavy atom. The van der Waals surface area contributed by atoms with E-state index in [1.807, 2.05) is 36.1 Å². The van der Waals surface area contributed by atoms with E-state index in [0.717, 1.165) is 18.0 Å². The first kappa shape index (κ1) is 8.40. The summed E-state index contributed by atoms with van der Waals surface area (Å²) in [6.07, 6.45) is 4.05. The van der Waals surface area contributed by atoms with Crippen LogP contribution in [0.5, 0.6) is 0 Å². The molecule has 1 heterocycles. The van der Waals surface area contributed by atoms with Gasteiger partial charge in [-0.3, -0.25) is 0 Å². The number of hydrogen-bond acceptors (Lipinski definition) is 2. The molecule has 0 unspecified atom stereocenters. The summed E-state index contributed by atoms with van der Waals surface area (Å²) in [7, 11) is 2.01. The lowest BCUT2D eigenvalue weighted by atomic mass is 10.4. The van der Waals surface area contributed by atoms with Crippen molar-refractivity contribution >= 4 is 18.3 Å². The van der Waals surface area contributed by atoms with Gasteiger partial charge in [0.25, 0.3) is 0 Å². The summed E-state index contributed by atoms with van der Waals surface area (Å²) in [6, 6.07) is 4.06. The zero-order valence-corrected chi connectivity index (χ0v) is 7.51. The second kappa shape index (κ2) is 4.23. The Morgan fingerprint density at radius 2 is 2.45 bits per heavy atom. The number of anilines is 1. The van der Waals surface area contributed by atoms with Crippen molar-refractivity contribution in [3.8, 4) is 0 Å². The van der Waals surface area contributed by atoms with E-state index in [1.165, 1.54) is 0 Å². The van der Waals surface area contributed by atoms with E-state index in [1.54, 1.807) is 0 Å². The van der Waals surface area contributed by atoms with Crippen LogP contribution < -0.4 is 9.88 Å². The highest BCUT2D eigenvalue weighted by molar-refractivity contribution is 7.80. The van der Waals surface area contributed by atoms with Crippen LogP contribution in [0.1, 0.15) is 0 Å². The average molecular weight is 169 g/mol. The Labute approximate surface area is 72.7 Å². The fourth-order valence-corrected chi connectivity index (χ4v) is 1.00. The van der Waals surface area contributed by atoms with Crippen LogP contribution in [0.2, 0.25) is 0 Å². The van der Waals surface area contributed by atoms with E-state index < -0.39 is 0 Å². The van der Waals surface area contributed by atoms with Gasteiger partial charge in [-0.25, -0.2) is 4.57 Å². The van der Waals surface area contributed by atoms with Crippen molar-refractivity contribution in [1.82, 2.24) is 0 Å². The first-order valence-electron chi connectivity index (χ1n) is 3.63. The first-order chi connectivity index (χ1) is 5.33. The van der Waals surface area contributed by atoms with Crippen molar-refractivity contribution in [2.75, 3.05) is 17.6 Å². The molecule has 0 bridgehead atoms. The van der Waals surface area contributed by atoms with Crippen molar-refractivity contribution in [2.45, 2.75) is 0 Å². The number of rotatable bonds is 3. The molecule has 0 spiro atoms. The van der Waals surface area contributed by atoms with E-state index in [2.05, 4.69) is 17.9 Å². The standard InChI is InChI=1S/C8H12N2S/c1-10-5-2-3-8(7-10)9-4-6-11/h2-3,5,7,9H,4,6H2,1H3/p+1. The molecule has 0 aliphatic heterocycles. The number of aromatic nitrogens is 1. The monoisotopic (exact) mass is 169 g/mol. The maximum absolute atomic E-state index is 4.11. The van der Waals surface area contributed by atoms with E-state index in [0.29, 0.717) is 0 Å². The molecule has 0 atom stereocenters. The van der Waals surface area contributed by atoms with Crippen LogP contribution in [0.3, 0.4) is 0 Å². The van der Waals surface area contributed by atoms with Gasteiger partial charge in [-0.2, -0.15) is 12.6 Å². The summed E-state index contributed by atoms with van der Waals surface area (Å²) < 4.78 is 2.01. The molecular weight excluding hydrogens is 156 g/mol. The van der Waals surface area contributed by atoms with Crippen LogP contribution in [0.25, 0.3) is 0 Å². The molecule has 0 radical (unpaired) electrons. The maximum atomic E-state index is 4.11. The Morgan fingerprint density at radius 1 is 1.64 bits per heavy atom. The topological polar surface area (TPSA) is 15.9 Å². The van der Waals surface area contributed by atoms with E-state index in [-0.39, 0.29) is 0 Å². The molecule has 1 aromatic heterocycles. The van der Waals surface area contributed by atoms with E-state index in [9.17, 15) is 0 Å². The molecule has 3 heteroatoms. The van der Waals surface area contributed by atoms with E-state index in [4.69, 9.17) is 0 Å². The fraction of sp³-hybridized carbons (Fsp3) is 0.375. The molecule has 11 heavy (non-hydrogen) atoms. The largest absolute Gasteiger partial charge is 0.379 e. The van der Waals surface area contributed by atoms with Gasteiger partial charge in [-0.15, -0.1) is 0 Å². The van der Waals surface area contributed by atoms with Gasteiger partial charge in [0, 0.05) is 18.4 Å². The van der Waals surface area contributed by atoms with Gasteiger partial charge in [0.05, 0.1) is 5.69 Å². The summed E-state index contributed by atoms with van der Waals surface area (Å²) >= 11 is 4.11. The molecule has 0 aromatic carbocycles. The van der Waals surface area contributed by atoms with Gasteiger partial charge >= 0.3 is 0 Å². The lowest BCUT2D eigenvalue weighted by Crippen LogP contribution is -2.26. The number of thiol groups is 1. The normalized spacial score (nSPS) is 9.64. The second-order valence-corrected chi connectivity index (χ2v) is 2.86. The van der Waals surface area contributed by atoms with Crippen molar-refractivity contribution in [1.29, 1.82) is 0 Å². The molecule has 60 valence electrons. The minimum Gasteiger partial charge on any atom is -0.379 e. The zero-order chi connectivity index (χ0) is 8.10. The van der Waals surface area contributed by atoms with Crippen LogP contribution in [0, 0.1) is 0 Å². The van der Waals surface area contributed by atoms with Crippen molar-refractivity contribution in [3.63, 3.8) is 0 Å². The minimum absolute atomic E-state index is 0.860. The summed E-state index contributed by atoms with van der Waals surface area (Å²) in [4.78, 5) is 0. The predicted molar refractivity (Wildman–Crippen MR) is 50.0 cm³/mol. The van der Waals surface area contributed by atoms with Crippen LogP contribution in [-0.4, -0.2) is 12.3 Å². The number of nitrogens with zero attached hydrogens (tertiary/aromatic N) is 1. The highest BCUT2D eigenvalue weighted by atomic mass is 32.1. The van der Waals surface area contributed by atoms with Gasteiger partial charge in [0.15, 0.2) is 12.4 Å². The quantitative estimate of drug-likeness (QED) is 0.506. The van der Waals surface area contributed by atoms with Crippen molar-refractivity contribution < 1.29 is 4.57 Å². The van der Waals surface area contributed by atoms with Gasteiger partial charge in [0.1, 0.15) is 7.05 Å². The Kier molecular flexibility index (Phi) is 3.23. The van der Waals surface area contributed by atoms with Crippen molar-refractivity contribution in [3.05, 3.63) is 24.5 Å². The van der Waals surface area contributed by atoms with Crippen molar-refractivity contribution in [2.24, 2.45) is 7.05 Å². The first-order valence-corrected chi connectivity index (χ1v) is 4.26. The third-order valence-electron chi connectivity index (χ3n) is 1.38. The summed E-state index contributed by atoms with van der Waals surface area (Å²) in [6.45, 7) is 0.910. The lowest BCUT2D eigenvalue weighted by Gasteiger charge is -2.00. The third kappa shape index (κ3) is 2.80. The van der Waals surface area contributed by atoms with Gasteiger partial charge < -0.3 is 5.32 Å². The Balaban J connectivity index is 2.56. The molecule has 0 saturated heterocycles. The minimum atomic E-state index is 0.860. The zero-order valence-electron chi connectivity index (χ0n) is 6.62. The molecule has 1 aromatic rings. The van der Waals surface area contributed by atoms with Crippen LogP contribution in [0.15, 0.2) is 24.5 Å². The summed E-state index contributed by atoms with van der Waals surface area (Å²) in [5, 5.41) is 3.24. The van der Waals surface area contributed by atoms with Gasteiger partial charge in [-0.05, 0) is 6.07 Å². The molecule has 2 nitrogen and oxygen atoms in total. The maximum Gasteiger partial charge on any atom is 0.191 e. The lowest BCUT2D eigenvalue weighted by molar-refractivity contribution is -0.670. The van der Waals surface area contributed by atoms with Crippen LogP contribution in [0.4, 0.5) is 5.69 Å². The molecular formula is C8H13N2S+. The number of pyridine rings is 1. The molecule has 1 rings (SSSR count). The molecule has 1 N–H and O–H groups in total. The smallest absolute Gasteiger partial charge is 0.191 e. The Bertz CT molecular complexity index is 225.